The van der Waals surface area contributed by atoms with Crippen LogP contribution < -0.4 is 10.6 Å². The predicted molar refractivity (Wildman–Crippen MR) is 267 cm³/mol. The highest BCUT2D eigenvalue weighted by Crippen LogP contribution is 2.56. The Morgan fingerprint density at radius 3 is 1.59 bits per heavy atom. The Kier molecular flexibility index (Phi) is 11.1. The summed E-state index contributed by atoms with van der Waals surface area (Å²) in [5.74, 6) is -1.11. The molecule has 5 aliphatic carbocycles. The van der Waals surface area contributed by atoms with Crippen LogP contribution in [-0.2, 0) is 23.7 Å². The van der Waals surface area contributed by atoms with Crippen LogP contribution in [0.5, 0.6) is 0 Å². The van der Waals surface area contributed by atoms with E-state index in [9.17, 15) is 19.2 Å². The number of hydrogen-bond donors (Lipinski definition) is 7. The van der Waals surface area contributed by atoms with Gasteiger partial charge in [-0.15, -0.1) is 0 Å². The summed E-state index contributed by atoms with van der Waals surface area (Å²) in [6.07, 6.45) is 21.7. The standard InChI is InChI=1S/C27H26N6O2.C22H24N4O.C6H5NO2/c34-25(30-18-7-11-33(15-18)26(35)21-4-1-2-10-28-21)16-5-6-20-19(12-16)22-24(31-20)23-17(14-29-32-23)13-27(22)8-3-9-27;27-21(24-15-4-1-2-5-15)13-6-7-17-16(10-13)18-20(25-17)19-14(12-23-26-19)11-22(18)8-3-9-22;8-6(9)5-3-1-2-4-7-5/h1-2,4-6,10,12,14,18,31H,3,7-9,11,13,15H2,(H,29,32)(H,30,34);6-7,10,12,15,25H,1-5,8-9,11H2,(H,23,26)(H,24,27);1-4H,(H,8,9). The lowest BCUT2D eigenvalue weighted by Gasteiger charge is -2.45. The summed E-state index contributed by atoms with van der Waals surface area (Å²) in [5, 5.41) is 32.0. The third-order valence-electron chi connectivity index (χ3n) is 16.1. The lowest BCUT2D eigenvalue weighted by atomic mass is 9.58. The van der Waals surface area contributed by atoms with Crippen LogP contribution in [0.3, 0.4) is 0 Å². The highest BCUT2D eigenvalue weighted by molar-refractivity contribution is 6.03. The minimum atomic E-state index is -0.990. The van der Waals surface area contributed by atoms with E-state index in [4.69, 9.17) is 5.11 Å². The van der Waals surface area contributed by atoms with Crippen LogP contribution in [0.1, 0.15) is 135 Å². The zero-order valence-corrected chi connectivity index (χ0v) is 39.3. The number of hydrogen-bond acceptors (Lipinski definition) is 8. The van der Waals surface area contributed by atoms with Crippen molar-refractivity contribution in [3.05, 3.63) is 142 Å². The maximum atomic E-state index is 13.2. The van der Waals surface area contributed by atoms with Gasteiger partial charge in [-0.05, 0) is 130 Å². The SMILES string of the molecule is O=C(NC1CCCC1)c1ccc2[nH]c3c(c2c1)C1(CCC1)Cc1cn[nH]c1-3.O=C(NC1CCN(C(=O)c2ccccn2)C1)c1ccc2[nH]c3c(c2c1)C1(CCC1)Cc1cn[nH]c1-3.O=C(O)c1ccccn1. The van der Waals surface area contributed by atoms with Gasteiger partial charge < -0.3 is 30.6 Å². The first-order valence-corrected chi connectivity index (χ1v) is 25.0. The zero-order valence-electron chi connectivity index (χ0n) is 39.3. The zero-order chi connectivity index (χ0) is 48.3. The summed E-state index contributed by atoms with van der Waals surface area (Å²) in [6.45, 7) is 1.11. The number of carbonyl (C=O) groups excluding carboxylic acids is 3. The molecule has 3 amide bonds. The molecule has 1 unspecified atom stereocenters. The minimum absolute atomic E-state index is 0.0689. The third-order valence-corrected chi connectivity index (χ3v) is 16.1. The largest absolute Gasteiger partial charge is 0.477 e. The molecule has 16 nitrogen and oxygen atoms in total. The number of nitrogens with zero attached hydrogens (tertiary/aromatic N) is 5. The van der Waals surface area contributed by atoms with Crippen LogP contribution in [0.4, 0.5) is 0 Å². The van der Waals surface area contributed by atoms with Crippen LogP contribution in [0.25, 0.3) is 44.6 Å². The van der Waals surface area contributed by atoms with E-state index in [-0.39, 0.29) is 40.3 Å². The van der Waals surface area contributed by atoms with E-state index in [1.807, 2.05) is 42.7 Å². The second-order valence-electron chi connectivity index (χ2n) is 20.3. The maximum absolute atomic E-state index is 13.2. The van der Waals surface area contributed by atoms with Crippen molar-refractivity contribution in [3.63, 3.8) is 0 Å². The Balaban J connectivity index is 0.000000127. The van der Waals surface area contributed by atoms with Gasteiger partial charge >= 0.3 is 5.97 Å². The smallest absolute Gasteiger partial charge is 0.354 e. The summed E-state index contributed by atoms with van der Waals surface area (Å²) in [6, 6.07) is 22.4. The Labute approximate surface area is 408 Å². The average molecular weight is 950 g/mol. The van der Waals surface area contributed by atoms with E-state index in [0.29, 0.717) is 30.4 Å². The molecule has 2 aromatic carbocycles. The van der Waals surface area contributed by atoms with Gasteiger partial charge in [-0.1, -0.05) is 37.8 Å². The molecule has 6 aliphatic rings. The molecule has 1 saturated heterocycles. The van der Waals surface area contributed by atoms with E-state index in [2.05, 4.69) is 63.1 Å². The van der Waals surface area contributed by atoms with Gasteiger partial charge in [0.1, 0.15) is 11.4 Å². The Hall–Kier alpha value is -7.88. The van der Waals surface area contributed by atoms with Gasteiger partial charge in [-0.25, -0.2) is 9.78 Å². The number of carbonyl (C=O) groups is 4. The minimum Gasteiger partial charge on any atom is -0.477 e. The maximum Gasteiger partial charge on any atom is 0.354 e. The highest BCUT2D eigenvalue weighted by Gasteiger charge is 2.48. The lowest BCUT2D eigenvalue weighted by Crippen LogP contribution is -2.39. The van der Waals surface area contributed by atoms with E-state index < -0.39 is 5.97 Å². The van der Waals surface area contributed by atoms with Gasteiger partial charge in [0.25, 0.3) is 17.7 Å². The molecule has 360 valence electrons. The van der Waals surface area contributed by atoms with Crippen molar-refractivity contribution in [2.45, 2.75) is 106 Å². The number of carboxylic acid groups (broad SMARTS) is 1. The molecule has 2 spiro atoms. The highest BCUT2D eigenvalue weighted by atomic mass is 16.4. The molecule has 7 N–H and O–H groups in total. The number of aromatic nitrogens is 8. The number of benzene rings is 2. The average Bonchev–Trinajstić information content (AvgIpc) is 4.25. The van der Waals surface area contributed by atoms with Gasteiger partial charge in [0.05, 0.1) is 35.2 Å². The molecule has 14 rings (SSSR count). The first kappa shape index (κ1) is 44.3. The van der Waals surface area contributed by atoms with Crippen LogP contribution in [0.2, 0.25) is 0 Å². The second-order valence-corrected chi connectivity index (χ2v) is 20.3. The van der Waals surface area contributed by atoms with Crippen molar-refractivity contribution in [2.24, 2.45) is 0 Å². The molecule has 1 aliphatic heterocycles. The number of pyridine rings is 2. The lowest BCUT2D eigenvalue weighted by molar-refractivity contribution is 0.0689. The van der Waals surface area contributed by atoms with Gasteiger partial charge in [0.2, 0.25) is 0 Å². The fourth-order valence-electron chi connectivity index (χ4n) is 12.2. The molecule has 0 bridgehead atoms. The number of likely N-dealkylation sites (tertiary alicyclic amines) is 1. The number of rotatable bonds is 6. The Morgan fingerprint density at radius 2 is 1.13 bits per heavy atom. The summed E-state index contributed by atoms with van der Waals surface area (Å²) >= 11 is 0. The molecule has 1 atom stereocenters. The van der Waals surface area contributed by atoms with Gasteiger partial charge in [-0.2, -0.15) is 10.2 Å². The fourth-order valence-corrected chi connectivity index (χ4v) is 12.2. The molecule has 6 aromatic heterocycles. The van der Waals surface area contributed by atoms with Crippen LogP contribution >= 0.6 is 0 Å². The molecule has 71 heavy (non-hydrogen) atoms. The van der Waals surface area contributed by atoms with E-state index in [0.717, 1.165) is 84.0 Å². The Bertz CT molecular complexity index is 3340. The molecular formula is C55H55N11O5. The van der Waals surface area contributed by atoms with Gasteiger partial charge in [0.15, 0.2) is 0 Å². The number of H-pyrrole nitrogens is 4. The molecule has 4 fully saturated rings. The second kappa shape index (κ2) is 17.8. The monoisotopic (exact) mass is 949 g/mol. The summed E-state index contributed by atoms with van der Waals surface area (Å²) < 4.78 is 0. The number of amides is 3. The Morgan fingerprint density at radius 1 is 0.606 bits per heavy atom. The molecule has 0 radical (unpaired) electrons. The van der Waals surface area contributed by atoms with Crippen molar-refractivity contribution in [2.75, 3.05) is 13.1 Å². The summed E-state index contributed by atoms with van der Waals surface area (Å²) in [5.41, 5.74) is 14.3. The number of fused-ring (bicyclic) bond motifs is 12. The van der Waals surface area contributed by atoms with Crippen LogP contribution in [-0.4, -0.2) is 99.2 Å². The van der Waals surface area contributed by atoms with Crippen LogP contribution in [0.15, 0.2) is 97.6 Å². The number of aromatic carboxylic acids is 1. The predicted octanol–water partition coefficient (Wildman–Crippen LogP) is 8.56. The normalized spacial score (nSPS) is 18.7. The molecule has 7 heterocycles. The van der Waals surface area contributed by atoms with Gasteiger partial charge in [0, 0.05) is 92.5 Å². The summed E-state index contributed by atoms with van der Waals surface area (Å²) in [4.78, 5) is 65.6. The molecular weight excluding hydrogens is 895 g/mol. The van der Waals surface area contributed by atoms with Crippen LogP contribution in [0, 0.1) is 0 Å². The fraction of sp³-hybridized carbons (Fsp3) is 0.345. The van der Waals surface area contributed by atoms with Gasteiger partial charge in [-0.3, -0.25) is 29.6 Å². The number of nitrogens with one attached hydrogen (secondary N) is 6. The van der Waals surface area contributed by atoms with E-state index in [1.165, 1.54) is 84.1 Å². The van der Waals surface area contributed by atoms with Crippen molar-refractivity contribution in [3.8, 4) is 22.8 Å². The quantitative estimate of drug-likeness (QED) is 0.0845. The third kappa shape index (κ3) is 7.94. The van der Waals surface area contributed by atoms with Crippen molar-refractivity contribution in [1.82, 2.24) is 55.9 Å². The first-order valence-electron chi connectivity index (χ1n) is 25.0. The van der Waals surface area contributed by atoms with Crippen molar-refractivity contribution in [1.29, 1.82) is 0 Å². The summed E-state index contributed by atoms with van der Waals surface area (Å²) in [7, 11) is 0. The van der Waals surface area contributed by atoms with E-state index >= 15 is 0 Å². The van der Waals surface area contributed by atoms with Crippen molar-refractivity contribution >= 4 is 45.5 Å². The van der Waals surface area contributed by atoms with Crippen molar-refractivity contribution < 1.29 is 24.3 Å². The van der Waals surface area contributed by atoms with E-state index in [1.54, 1.807) is 35.4 Å². The molecule has 16 heteroatoms. The molecule has 3 saturated carbocycles. The molecule has 8 aromatic rings. The first-order chi connectivity index (χ1) is 34.6. The topological polar surface area (TPSA) is 231 Å². The number of aromatic amines is 4. The number of carboxylic acids is 1.